The van der Waals surface area contributed by atoms with Crippen LogP contribution in [0.3, 0.4) is 0 Å². The lowest BCUT2D eigenvalue weighted by atomic mass is 9.94. The average molecular weight is 300 g/mol. The number of aromatic nitrogens is 1. The van der Waals surface area contributed by atoms with Gasteiger partial charge in [0.2, 0.25) is 0 Å². The van der Waals surface area contributed by atoms with Gasteiger partial charge < -0.3 is 4.74 Å². The van der Waals surface area contributed by atoms with Gasteiger partial charge in [0.1, 0.15) is 11.5 Å². The Hall–Kier alpha value is -2.27. The maximum absolute atomic E-state index is 13.0. The molecule has 4 nitrogen and oxygen atoms in total. The number of benzene rings is 1. The van der Waals surface area contributed by atoms with Crippen molar-refractivity contribution in [3.63, 3.8) is 0 Å². The molecule has 1 aliphatic heterocycles. The van der Waals surface area contributed by atoms with Crippen molar-refractivity contribution in [1.82, 2.24) is 9.88 Å². The summed E-state index contributed by atoms with van der Waals surface area (Å²) in [6, 6.07) is 12.2. The van der Waals surface area contributed by atoms with E-state index < -0.39 is 5.97 Å². The summed E-state index contributed by atoms with van der Waals surface area (Å²) < 4.78 is 17.7. The van der Waals surface area contributed by atoms with Gasteiger partial charge in [-0.25, -0.2) is 14.2 Å². The molecule has 1 atom stereocenters. The van der Waals surface area contributed by atoms with Gasteiger partial charge >= 0.3 is 5.97 Å². The van der Waals surface area contributed by atoms with Gasteiger partial charge in [0, 0.05) is 19.1 Å². The number of carbonyl (C=O) groups is 1. The second kappa shape index (κ2) is 6.23. The number of hydrogen-bond donors (Lipinski definition) is 0. The van der Waals surface area contributed by atoms with Gasteiger partial charge in [-0.3, -0.25) is 4.90 Å². The first-order valence-corrected chi connectivity index (χ1v) is 7.21. The van der Waals surface area contributed by atoms with Crippen molar-refractivity contribution in [3.05, 3.63) is 65.2 Å². The molecule has 2 heterocycles. The third-order valence-corrected chi connectivity index (χ3v) is 3.95. The normalized spacial score (nSPS) is 17.8. The highest BCUT2D eigenvalue weighted by Crippen LogP contribution is 2.34. The molecule has 2 aromatic rings. The van der Waals surface area contributed by atoms with Crippen molar-refractivity contribution in [2.45, 2.75) is 19.0 Å². The maximum Gasteiger partial charge on any atom is 0.356 e. The zero-order valence-corrected chi connectivity index (χ0v) is 12.3. The Labute approximate surface area is 128 Å². The Morgan fingerprint density at radius 1 is 1.32 bits per heavy atom. The predicted molar refractivity (Wildman–Crippen MR) is 79.7 cm³/mol. The Morgan fingerprint density at radius 2 is 2.09 bits per heavy atom. The molecule has 0 aliphatic carbocycles. The van der Waals surface area contributed by atoms with Crippen LogP contribution in [0.1, 0.15) is 34.2 Å². The Bertz CT molecular complexity index is 673. The van der Waals surface area contributed by atoms with Crippen LogP contribution in [0.25, 0.3) is 0 Å². The van der Waals surface area contributed by atoms with Crippen LogP contribution in [0.15, 0.2) is 42.5 Å². The predicted octanol–water partition coefficient (Wildman–Crippen LogP) is 2.95. The second-order valence-electron chi connectivity index (χ2n) is 5.33. The fraction of sp³-hybridized carbons (Fsp3) is 0.294. The summed E-state index contributed by atoms with van der Waals surface area (Å²) in [4.78, 5) is 18.1. The highest BCUT2D eigenvalue weighted by Gasteiger charge is 2.29. The molecule has 1 aliphatic rings. The lowest BCUT2D eigenvalue weighted by molar-refractivity contribution is 0.0591. The minimum absolute atomic E-state index is 0.220. The Balaban J connectivity index is 1.71. The lowest BCUT2D eigenvalue weighted by Gasteiger charge is -2.41. The van der Waals surface area contributed by atoms with Crippen molar-refractivity contribution in [2.75, 3.05) is 13.7 Å². The van der Waals surface area contributed by atoms with E-state index in [1.54, 1.807) is 12.1 Å². The van der Waals surface area contributed by atoms with E-state index in [1.165, 1.54) is 19.2 Å². The number of methoxy groups -OCH3 is 1. The second-order valence-corrected chi connectivity index (χ2v) is 5.33. The molecule has 22 heavy (non-hydrogen) atoms. The number of halogens is 1. The van der Waals surface area contributed by atoms with Gasteiger partial charge in [0.25, 0.3) is 0 Å². The monoisotopic (exact) mass is 300 g/mol. The fourth-order valence-electron chi connectivity index (χ4n) is 2.69. The van der Waals surface area contributed by atoms with Crippen LogP contribution in [0.2, 0.25) is 0 Å². The van der Waals surface area contributed by atoms with Crippen LogP contribution in [0.4, 0.5) is 4.39 Å². The summed E-state index contributed by atoms with van der Waals surface area (Å²) in [5, 5.41) is 0. The zero-order chi connectivity index (χ0) is 15.5. The molecular formula is C17H17FN2O2. The van der Waals surface area contributed by atoms with E-state index in [0.29, 0.717) is 12.2 Å². The molecule has 0 saturated carbocycles. The molecule has 3 rings (SSSR count). The summed E-state index contributed by atoms with van der Waals surface area (Å²) >= 11 is 0. The lowest BCUT2D eigenvalue weighted by Crippen LogP contribution is -2.40. The molecule has 114 valence electrons. The molecule has 0 N–H and O–H groups in total. The van der Waals surface area contributed by atoms with Gasteiger partial charge in [0.15, 0.2) is 0 Å². The van der Waals surface area contributed by atoms with Crippen LogP contribution in [-0.2, 0) is 11.3 Å². The fourth-order valence-corrected chi connectivity index (χ4v) is 2.69. The summed E-state index contributed by atoms with van der Waals surface area (Å²) in [5.74, 6) is -0.650. The highest BCUT2D eigenvalue weighted by atomic mass is 19.1. The molecule has 0 bridgehead atoms. The van der Waals surface area contributed by atoms with Gasteiger partial charge in [-0.2, -0.15) is 0 Å². The van der Waals surface area contributed by atoms with E-state index in [1.807, 2.05) is 18.2 Å². The molecule has 0 radical (unpaired) electrons. The SMILES string of the molecule is COC(=O)c1cccc(CN2CCC2c2ccc(F)cc2)n1. The van der Waals surface area contributed by atoms with Crippen molar-refractivity contribution in [1.29, 1.82) is 0 Å². The molecule has 0 amide bonds. The molecule has 1 fully saturated rings. The minimum atomic E-state index is -0.430. The number of esters is 1. The summed E-state index contributed by atoms with van der Waals surface area (Å²) in [7, 11) is 1.34. The van der Waals surface area contributed by atoms with Crippen LogP contribution in [-0.4, -0.2) is 29.5 Å². The molecule has 1 aromatic heterocycles. The number of hydrogen-bond acceptors (Lipinski definition) is 4. The first-order valence-electron chi connectivity index (χ1n) is 7.21. The van der Waals surface area contributed by atoms with Crippen LogP contribution in [0.5, 0.6) is 0 Å². The smallest absolute Gasteiger partial charge is 0.356 e. The number of likely N-dealkylation sites (tertiary alicyclic amines) is 1. The van der Waals surface area contributed by atoms with E-state index in [0.717, 1.165) is 24.2 Å². The van der Waals surface area contributed by atoms with E-state index in [9.17, 15) is 9.18 Å². The van der Waals surface area contributed by atoms with Gasteiger partial charge in [-0.1, -0.05) is 18.2 Å². The zero-order valence-electron chi connectivity index (χ0n) is 12.3. The summed E-state index contributed by atoms with van der Waals surface area (Å²) in [6.45, 7) is 1.62. The topological polar surface area (TPSA) is 42.4 Å². The van der Waals surface area contributed by atoms with Crippen molar-refractivity contribution in [3.8, 4) is 0 Å². The maximum atomic E-state index is 13.0. The van der Waals surface area contributed by atoms with E-state index in [-0.39, 0.29) is 11.9 Å². The molecule has 1 unspecified atom stereocenters. The first-order chi connectivity index (χ1) is 10.7. The number of rotatable bonds is 4. The van der Waals surface area contributed by atoms with E-state index >= 15 is 0 Å². The first kappa shape index (κ1) is 14.7. The van der Waals surface area contributed by atoms with Crippen molar-refractivity contribution < 1.29 is 13.9 Å². The van der Waals surface area contributed by atoms with Crippen molar-refractivity contribution in [2.24, 2.45) is 0 Å². The third kappa shape index (κ3) is 2.99. The highest BCUT2D eigenvalue weighted by molar-refractivity contribution is 5.87. The number of ether oxygens (including phenoxy) is 1. The van der Waals surface area contributed by atoms with Crippen LogP contribution < -0.4 is 0 Å². The quantitative estimate of drug-likeness (QED) is 0.814. The standard InChI is InChI=1S/C17H17FN2O2/c1-22-17(21)15-4-2-3-14(19-15)11-20-10-9-16(20)12-5-7-13(18)8-6-12/h2-8,16H,9-11H2,1H3. The summed E-state index contributed by atoms with van der Waals surface area (Å²) in [5.41, 5.74) is 2.25. The van der Waals surface area contributed by atoms with Crippen molar-refractivity contribution >= 4 is 5.97 Å². The molecular weight excluding hydrogens is 283 g/mol. The third-order valence-electron chi connectivity index (χ3n) is 3.95. The number of nitrogens with zero attached hydrogens (tertiary/aromatic N) is 2. The van der Waals surface area contributed by atoms with Gasteiger partial charge in [-0.05, 0) is 36.2 Å². The molecule has 0 spiro atoms. The largest absolute Gasteiger partial charge is 0.464 e. The molecule has 1 aromatic carbocycles. The average Bonchev–Trinajstić information content (AvgIpc) is 2.53. The Kier molecular flexibility index (Phi) is 4.15. The molecule has 5 heteroatoms. The van der Waals surface area contributed by atoms with Gasteiger partial charge in [0.05, 0.1) is 12.8 Å². The van der Waals surface area contributed by atoms with E-state index in [2.05, 4.69) is 14.6 Å². The van der Waals surface area contributed by atoms with Crippen LogP contribution >= 0.6 is 0 Å². The van der Waals surface area contributed by atoms with Crippen LogP contribution in [0, 0.1) is 5.82 Å². The Morgan fingerprint density at radius 3 is 2.73 bits per heavy atom. The number of carbonyl (C=O) groups excluding carboxylic acids is 1. The van der Waals surface area contributed by atoms with E-state index in [4.69, 9.17) is 0 Å². The summed E-state index contributed by atoms with van der Waals surface area (Å²) in [6.07, 6.45) is 1.04. The minimum Gasteiger partial charge on any atom is -0.464 e. The van der Waals surface area contributed by atoms with Gasteiger partial charge in [-0.15, -0.1) is 0 Å². The number of pyridine rings is 1. The molecule has 1 saturated heterocycles.